The van der Waals surface area contributed by atoms with E-state index in [9.17, 15) is 9.90 Å². The van der Waals surface area contributed by atoms with Crippen molar-refractivity contribution in [1.29, 1.82) is 0 Å². The second kappa shape index (κ2) is 4.40. The second-order valence-corrected chi connectivity index (χ2v) is 4.22. The zero-order valence-electron chi connectivity index (χ0n) is 8.25. The Labute approximate surface area is 94.7 Å². The molecule has 2 heterocycles. The molecular weight excluding hydrogens is 232 g/mol. The molecule has 0 unspecified atom stereocenters. The van der Waals surface area contributed by atoms with Crippen LogP contribution in [0.4, 0.5) is 0 Å². The predicted molar refractivity (Wildman–Crippen MR) is 52.3 cm³/mol. The molecule has 0 aliphatic heterocycles. The molecule has 0 aromatic carbocycles. The van der Waals surface area contributed by atoms with E-state index in [0.29, 0.717) is 5.76 Å². The fourth-order valence-corrected chi connectivity index (χ4v) is 1.57. The van der Waals surface area contributed by atoms with E-state index in [1.54, 1.807) is 12.1 Å². The summed E-state index contributed by atoms with van der Waals surface area (Å²) < 4.78 is 10.3. The van der Waals surface area contributed by atoms with Gasteiger partial charge in [-0.1, -0.05) is 11.8 Å². The Hall–Kier alpha value is -1.76. The van der Waals surface area contributed by atoms with Gasteiger partial charge in [0.1, 0.15) is 0 Å². The summed E-state index contributed by atoms with van der Waals surface area (Å²) in [6, 6.07) is 3.36. The Bertz CT molecular complexity index is 479. The average molecular weight is 239 g/mol. The molecule has 1 atom stereocenters. The number of rotatable bonds is 4. The van der Waals surface area contributed by atoms with Crippen LogP contribution in [-0.2, 0) is 4.79 Å². The number of carbonyl (C=O) groups excluding carboxylic acids is 1. The zero-order chi connectivity index (χ0) is 11.5. The Kier molecular flexibility index (Phi) is 2.95. The van der Waals surface area contributed by atoms with E-state index in [1.165, 1.54) is 13.2 Å². The lowest BCUT2D eigenvalue weighted by atomic mass is 10.5. The van der Waals surface area contributed by atoms with Crippen LogP contribution in [-0.4, -0.2) is 21.4 Å². The lowest BCUT2D eigenvalue weighted by Crippen LogP contribution is -2.31. The summed E-state index contributed by atoms with van der Waals surface area (Å²) in [6.07, 6.45) is 1.48. The fourth-order valence-electron chi connectivity index (χ4n) is 0.957. The van der Waals surface area contributed by atoms with Crippen LogP contribution >= 0.6 is 11.8 Å². The third-order valence-corrected chi connectivity index (χ3v) is 2.66. The van der Waals surface area contributed by atoms with Gasteiger partial charge in [0.15, 0.2) is 5.76 Å². The molecular formula is C9H7N2O4S-. The number of aliphatic carboxylic acids is 1. The molecule has 7 heteroatoms. The maximum atomic E-state index is 10.5. The van der Waals surface area contributed by atoms with Gasteiger partial charge >= 0.3 is 0 Å². The number of hydrogen-bond acceptors (Lipinski definition) is 7. The second-order valence-electron chi connectivity index (χ2n) is 2.93. The minimum Gasteiger partial charge on any atom is -0.549 e. The van der Waals surface area contributed by atoms with Gasteiger partial charge in [-0.05, 0) is 19.1 Å². The van der Waals surface area contributed by atoms with Crippen molar-refractivity contribution in [3.63, 3.8) is 0 Å². The van der Waals surface area contributed by atoms with Gasteiger partial charge in [0.05, 0.1) is 17.5 Å². The highest BCUT2D eigenvalue weighted by Gasteiger charge is 2.14. The molecule has 84 valence electrons. The monoisotopic (exact) mass is 239 g/mol. The van der Waals surface area contributed by atoms with Crippen LogP contribution in [0.3, 0.4) is 0 Å². The number of thioether (sulfide) groups is 1. The van der Waals surface area contributed by atoms with Crippen molar-refractivity contribution < 1.29 is 18.7 Å². The topological polar surface area (TPSA) is 92.2 Å². The Morgan fingerprint density at radius 1 is 1.56 bits per heavy atom. The van der Waals surface area contributed by atoms with Crippen molar-refractivity contribution in [2.45, 2.75) is 17.4 Å². The van der Waals surface area contributed by atoms with Gasteiger partial charge < -0.3 is 18.7 Å². The zero-order valence-corrected chi connectivity index (χ0v) is 9.06. The first kappa shape index (κ1) is 10.7. The van der Waals surface area contributed by atoms with Crippen molar-refractivity contribution in [3.8, 4) is 11.7 Å². The maximum absolute atomic E-state index is 10.5. The highest BCUT2D eigenvalue weighted by atomic mass is 32.2. The summed E-state index contributed by atoms with van der Waals surface area (Å²) in [5.74, 6) is -0.513. The van der Waals surface area contributed by atoms with Crippen LogP contribution in [0.25, 0.3) is 11.7 Å². The summed E-state index contributed by atoms with van der Waals surface area (Å²) in [5, 5.41) is 17.3. The van der Waals surface area contributed by atoms with Gasteiger partial charge in [-0.2, -0.15) is 0 Å². The minimum atomic E-state index is -1.18. The molecule has 0 N–H and O–H groups in total. The maximum Gasteiger partial charge on any atom is 0.284 e. The van der Waals surface area contributed by atoms with E-state index in [4.69, 9.17) is 8.83 Å². The quantitative estimate of drug-likeness (QED) is 0.719. The van der Waals surface area contributed by atoms with E-state index in [2.05, 4.69) is 10.2 Å². The molecule has 0 spiro atoms. The first-order valence-corrected chi connectivity index (χ1v) is 5.29. The third-order valence-electron chi connectivity index (χ3n) is 1.75. The number of carboxylic acid groups (broad SMARTS) is 1. The normalized spacial score (nSPS) is 12.6. The number of aromatic nitrogens is 2. The Morgan fingerprint density at radius 3 is 3.00 bits per heavy atom. The van der Waals surface area contributed by atoms with Gasteiger partial charge in [0.25, 0.3) is 11.1 Å². The van der Waals surface area contributed by atoms with Gasteiger partial charge in [0.2, 0.25) is 0 Å². The molecule has 0 amide bonds. The molecule has 2 aromatic heterocycles. The molecule has 0 aliphatic carbocycles. The number of carboxylic acids is 1. The van der Waals surface area contributed by atoms with Crippen LogP contribution in [0.2, 0.25) is 0 Å². The first-order chi connectivity index (χ1) is 7.66. The van der Waals surface area contributed by atoms with E-state index in [0.717, 1.165) is 11.8 Å². The van der Waals surface area contributed by atoms with E-state index < -0.39 is 11.2 Å². The summed E-state index contributed by atoms with van der Waals surface area (Å²) in [7, 11) is 0. The lowest BCUT2D eigenvalue weighted by molar-refractivity contribution is -0.304. The minimum absolute atomic E-state index is 0.170. The largest absolute Gasteiger partial charge is 0.549 e. The van der Waals surface area contributed by atoms with Crippen LogP contribution in [0.15, 0.2) is 32.5 Å². The lowest BCUT2D eigenvalue weighted by Gasteiger charge is -2.07. The molecule has 0 radical (unpaired) electrons. The summed E-state index contributed by atoms with van der Waals surface area (Å²) in [5.41, 5.74) is 0. The summed E-state index contributed by atoms with van der Waals surface area (Å²) in [4.78, 5) is 10.5. The van der Waals surface area contributed by atoms with Crippen LogP contribution in [0.1, 0.15) is 6.92 Å². The molecule has 6 nitrogen and oxygen atoms in total. The molecule has 0 aliphatic rings. The Balaban J connectivity index is 2.11. The molecule has 16 heavy (non-hydrogen) atoms. The third kappa shape index (κ3) is 2.25. The predicted octanol–water partition coefficient (Wildman–Crippen LogP) is 0.560. The fraction of sp³-hybridized carbons (Fsp3) is 0.222. The van der Waals surface area contributed by atoms with Crippen molar-refractivity contribution in [3.05, 3.63) is 18.4 Å². The van der Waals surface area contributed by atoms with Crippen LogP contribution in [0, 0.1) is 0 Å². The average Bonchev–Trinajstić information content (AvgIpc) is 2.85. The molecule has 0 saturated heterocycles. The smallest absolute Gasteiger partial charge is 0.284 e. The van der Waals surface area contributed by atoms with Crippen molar-refractivity contribution in [1.82, 2.24) is 10.2 Å². The highest BCUT2D eigenvalue weighted by Crippen LogP contribution is 2.25. The van der Waals surface area contributed by atoms with Gasteiger partial charge in [-0.15, -0.1) is 10.2 Å². The molecule has 2 rings (SSSR count). The van der Waals surface area contributed by atoms with Gasteiger partial charge in [0, 0.05) is 0 Å². The summed E-state index contributed by atoms with van der Waals surface area (Å²) >= 11 is 0.926. The van der Waals surface area contributed by atoms with Crippen LogP contribution < -0.4 is 5.11 Å². The van der Waals surface area contributed by atoms with Crippen molar-refractivity contribution in [2.24, 2.45) is 0 Å². The number of nitrogens with zero attached hydrogens (tertiary/aromatic N) is 2. The standard InChI is InChI=1S/C9H8N2O4S/c1-5(8(12)13)16-9-11-10-7(15-9)6-3-2-4-14-6/h2-5H,1H3,(H,12,13)/p-1/t5-/m0/s1. The van der Waals surface area contributed by atoms with Crippen molar-refractivity contribution in [2.75, 3.05) is 0 Å². The van der Waals surface area contributed by atoms with Crippen molar-refractivity contribution >= 4 is 17.7 Å². The number of hydrogen-bond donors (Lipinski definition) is 0. The van der Waals surface area contributed by atoms with Gasteiger partial charge in [-0.3, -0.25) is 0 Å². The number of carbonyl (C=O) groups is 1. The van der Waals surface area contributed by atoms with Gasteiger partial charge in [-0.25, -0.2) is 0 Å². The highest BCUT2D eigenvalue weighted by molar-refractivity contribution is 8.00. The number of furan rings is 1. The summed E-state index contributed by atoms with van der Waals surface area (Å²) in [6.45, 7) is 1.48. The van der Waals surface area contributed by atoms with E-state index in [-0.39, 0.29) is 11.1 Å². The van der Waals surface area contributed by atoms with E-state index >= 15 is 0 Å². The molecule has 2 aromatic rings. The van der Waals surface area contributed by atoms with Crippen LogP contribution in [0.5, 0.6) is 0 Å². The van der Waals surface area contributed by atoms with E-state index in [1.807, 2.05) is 0 Å². The molecule has 0 saturated carbocycles. The SMILES string of the molecule is C[C@H](Sc1nnc(-c2ccco2)o1)C(=O)[O-]. The molecule has 0 bridgehead atoms. The first-order valence-electron chi connectivity index (χ1n) is 4.41. The Morgan fingerprint density at radius 2 is 2.38 bits per heavy atom. The molecule has 0 fully saturated rings.